The van der Waals surface area contributed by atoms with Gasteiger partial charge in [0.05, 0.1) is 0 Å². The minimum absolute atomic E-state index is 0.374. The SMILES string of the molecule is CC1CCC(C(Cc2cccc(Cl)c2)NN)C1. The monoisotopic (exact) mass is 252 g/mol. The van der Waals surface area contributed by atoms with Crippen molar-refractivity contribution in [2.75, 3.05) is 0 Å². The zero-order valence-electron chi connectivity index (χ0n) is 10.3. The summed E-state index contributed by atoms with van der Waals surface area (Å²) in [7, 11) is 0. The largest absolute Gasteiger partial charge is 0.271 e. The summed E-state index contributed by atoms with van der Waals surface area (Å²) in [5.74, 6) is 7.25. The van der Waals surface area contributed by atoms with Crippen LogP contribution in [0, 0.1) is 11.8 Å². The molecular weight excluding hydrogens is 232 g/mol. The zero-order chi connectivity index (χ0) is 12.3. The maximum atomic E-state index is 6.00. The van der Waals surface area contributed by atoms with Crippen LogP contribution in [0.2, 0.25) is 5.02 Å². The first-order valence-electron chi connectivity index (χ1n) is 6.39. The second kappa shape index (κ2) is 5.85. The van der Waals surface area contributed by atoms with E-state index in [-0.39, 0.29) is 0 Å². The molecule has 1 aromatic rings. The number of nitrogens with two attached hydrogens (primary N) is 1. The fourth-order valence-corrected chi connectivity index (χ4v) is 3.11. The van der Waals surface area contributed by atoms with Gasteiger partial charge >= 0.3 is 0 Å². The Morgan fingerprint density at radius 2 is 2.29 bits per heavy atom. The van der Waals surface area contributed by atoms with E-state index in [9.17, 15) is 0 Å². The van der Waals surface area contributed by atoms with E-state index >= 15 is 0 Å². The number of halogens is 1. The van der Waals surface area contributed by atoms with Crippen LogP contribution in [0.25, 0.3) is 0 Å². The average molecular weight is 253 g/mol. The first-order chi connectivity index (χ1) is 8.19. The van der Waals surface area contributed by atoms with Gasteiger partial charge in [-0.25, -0.2) is 0 Å². The van der Waals surface area contributed by atoms with Gasteiger partial charge in [0.1, 0.15) is 0 Å². The summed E-state index contributed by atoms with van der Waals surface area (Å²) in [6, 6.07) is 8.44. The lowest BCUT2D eigenvalue weighted by Crippen LogP contribution is -2.41. The molecular formula is C14H21ClN2. The molecule has 0 amide bonds. The molecule has 0 aromatic heterocycles. The van der Waals surface area contributed by atoms with Crippen LogP contribution in [-0.4, -0.2) is 6.04 Å². The molecule has 0 spiro atoms. The van der Waals surface area contributed by atoms with Gasteiger partial charge < -0.3 is 0 Å². The minimum Gasteiger partial charge on any atom is -0.271 e. The third-order valence-electron chi connectivity index (χ3n) is 3.86. The Hall–Kier alpha value is -0.570. The lowest BCUT2D eigenvalue weighted by molar-refractivity contribution is 0.353. The molecule has 1 fully saturated rings. The number of nitrogens with one attached hydrogen (secondary N) is 1. The van der Waals surface area contributed by atoms with Crippen molar-refractivity contribution in [1.82, 2.24) is 5.43 Å². The third kappa shape index (κ3) is 3.44. The quantitative estimate of drug-likeness (QED) is 0.638. The van der Waals surface area contributed by atoms with E-state index in [4.69, 9.17) is 17.4 Å². The molecule has 3 N–H and O–H groups in total. The summed E-state index contributed by atoms with van der Waals surface area (Å²) in [6.07, 6.45) is 4.87. The van der Waals surface area contributed by atoms with Gasteiger partial charge in [-0.05, 0) is 48.8 Å². The normalized spacial score (nSPS) is 26.1. The molecule has 2 rings (SSSR count). The Bertz CT molecular complexity index is 367. The third-order valence-corrected chi connectivity index (χ3v) is 4.10. The van der Waals surface area contributed by atoms with E-state index in [2.05, 4.69) is 18.4 Å². The highest BCUT2D eigenvalue weighted by atomic mass is 35.5. The van der Waals surface area contributed by atoms with Crippen molar-refractivity contribution in [2.45, 2.75) is 38.6 Å². The second-order valence-electron chi connectivity index (χ2n) is 5.29. The van der Waals surface area contributed by atoms with Gasteiger partial charge in [-0.2, -0.15) is 0 Å². The Balaban J connectivity index is 2.00. The first kappa shape index (κ1) is 12.9. The summed E-state index contributed by atoms with van der Waals surface area (Å²) in [5.41, 5.74) is 4.25. The Labute approximate surface area is 109 Å². The summed E-state index contributed by atoms with van der Waals surface area (Å²) in [5, 5.41) is 0.804. The number of benzene rings is 1. The molecule has 94 valence electrons. The van der Waals surface area contributed by atoms with Crippen molar-refractivity contribution in [1.29, 1.82) is 0 Å². The lowest BCUT2D eigenvalue weighted by Gasteiger charge is -2.23. The van der Waals surface area contributed by atoms with E-state index in [1.54, 1.807) is 0 Å². The molecule has 1 aromatic carbocycles. The highest BCUT2D eigenvalue weighted by molar-refractivity contribution is 6.30. The predicted molar refractivity (Wildman–Crippen MR) is 72.8 cm³/mol. The molecule has 3 atom stereocenters. The van der Waals surface area contributed by atoms with E-state index in [1.807, 2.05) is 18.2 Å². The topological polar surface area (TPSA) is 38.0 Å². The predicted octanol–water partition coefficient (Wildman–Crippen LogP) is 3.15. The smallest absolute Gasteiger partial charge is 0.0408 e. The minimum atomic E-state index is 0.374. The Morgan fingerprint density at radius 1 is 1.47 bits per heavy atom. The average Bonchev–Trinajstić information content (AvgIpc) is 2.73. The van der Waals surface area contributed by atoms with Crippen molar-refractivity contribution in [3.05, 3.63) is 34.9 Å². The van der Waals surface area contributed by atoms with E-state index in [0.29, 0.717) is 12.0 Å². The fourth-order valence-electron chi connectivity index (χ4n) is 2.90. The van der Waals surface area contributed by atoms with Gasteiger partial charge in [0.25, 0.3) is 0 Å². The molecule has 0 bridgehead atoms. The fraction of sp³-hybridized carbons (Fsp3) is 0.571. The van der Waals surface area contributed by atoms with Crippen molar-refractivity contribution in [3.63, 3.8) is 0 Å². The number of hydrazine groups is 1. The highest BCUT2D eigenvalue weighted by Gasteiger charge is 2.28. The second-order valence-corrected chi connectivity index (χ2v) is 5.72. The summed E-state index contributed by atoms with van der Waals surface area (Å²) >= 11 is 6.00. The van der Waals surface area contributed by atoms with Crippen molar-refractivity contribution in [3.8, 4) is 0 Å². The molecule has 3 unspecified atom stereocenters. The van der Waals surface area contributed by atoms with E-state index < -0.39 is 0 Å². The van der Waals surface area contributed by atoms with Crippen LogP contribution >= 0.6 is 11.6 Å². The van der Waals surface area contributed by atoms with Crippen LogP contribution in [0.5, 0.6) is 0 Å². The molecule has 0 heterocycles. The summed E-state index contributed by atoms with van der Waals surface area (Å²) < 4.78 is 0. The molecule has 0 aliphatic heterocycles. The number of rotatable bonds is 4. The van der Waals surface area contributed by atoms with Crippen molar-refractivity contribution < 1.29 is 0 Å². The van der Waals surface area contributed by atoms with Crippen LogP contribution in [-0.2, 0) is 6.42 Å². The Morgan fingerprint density at radius 3 is 2.88 bits per heavy atom. The summed E-state index contributed by atoms with van der Waals surface area (Å²) in [4.78, 5) is 0. The standard InChI is InChI=1S/C14H21ClN2/c1-10-5-6-12(7-10)14(17-16)9-11-3-2-4-13(15)8-11/h2-4,8,10,12,14,17H,5-7,9,16H2,1H3. The van der Waals surface area contributed by atoms with E-state index in [0.717, 1.165) is 17.4 Å². The zero-order valence-corrected chi connectivity index (χ0v) is 11.1. The molecule has 1 aliphatic rings. The van der Waals surface area contributed by atoms with Gasteiger partial charge in [-0.1, -0.05) is 37.1 Å². The molecule has 0 radical (unpaired) electrons. The molecule has 2 nitrogen and oxygen atoms in total. The van der Waals surface area contributed by atoms with Crippen LogP contribution in [0.3, 0.4) is 0 Å². The maximum absolute atomic E-state index is 6.00. The van der Waals surface area contributed by atoms with Crippen LogP contribution in [0.1, 0.15) is 31.7 Å². The van der Waals surface area contributed by atoms with Crippen LogP contribution in [0.15, 0.2) is 24.3 Å². The highest BCUT2D eigenvalue weighted by Crippen LogP contribution is 2.33. The van der Waals surface area contributed by atoms with Crippen molar-refractivity contribution >= 4 is 11.6 Å². The van der Waals surface area contributed by atoms with Gasteiger partial charge in [-0.15, -0.1) is 0 Å². The Kier molecular flexibility index (Phi) is 4.43. The summed E-state index contributed by atoms with van der Waals surface area (Å²) in [6.45, 7) is 2.33. The molecule has 1 saturated carbocycles. The number of hydrogen-bond acceptors (Lipinski definition) is 2. The number of hydrogen-bond donors (Lipinski definition) is 2. The van der Waals surface area contributed by atoms with E-state index in [1.165, 1.54) is 24.8 Å². The molecule has 1 aliphatic carbocycles. The van der Waals surface area contributed by atoms with Gasteiger partial charge in [0, 0.05) is 11.1 Å². The molecule has 0 saturated heterocycles. The van der Waals surface area contributed by atoms with Gasteiger partial charge in [0.15, 0.2) is 0 Å². The first-order valence-corrected chi connectivity index (χ1v) is 6.77. The van der Waals surface area contributed by atoms with Crippen LogP contribution in [0.4, 0.5) is 0 Å². The van der Waals surface area contributed by atoms with Gasteiger partial charge in [0.2, 0.25) is 0 Å². The molecule has 17 heavy (non-hydrogen) atoms. The van der Waals surface area contributed by atoms with Crippen molar-refractivity contribution in [2.24, 2.45) is 17.7 Å². The van der Waals surface area contributed by atoms with Gasteiger partial charge in [-0.3, -0.25) is 11.3 Å². The lowest BCUT2D eigenvalue weighted by atomic mass is 9.92. The maximum Gasteiger partial charge on any atom is 0.0408 e. The van der Waals surface area contributed by atoms with Crippen LogP contribution < -0.4 is 11.3 Å². The molecule has 3 heteroatoms.